The average Bonchev–Trinajstić information content (AvgIpc) is 3.25. The van der Waals surface area contributed by atoms with E-state index in [-0.39, 0.29) is 54.2 Å². The van der Waals surface area contributed by atoms with Crippen molar-refractivity contribution in [3.8, 4) is 23.0 Å². The summed E-state index contributed by atoms with van der Waals surface area (Å²) in [6.07, 6.45) is 3.39. The fourth-order valence-corrected chi connectivity index (χ4v) is 6.46. The molecule has 0 unspecified atom stereocenters. The van der Waals surface area contributed by atoms with Gasteiger partial charge in [-0.1, -0.05) is 55.0 Å². The third-order valence-corrected chi connectivity index (χ3v) is 9.43. The molecule has 4 N–H and O–H groups in total. The van der Waals surface area contributed by atoms with E-state index in [1.165, 1.54) is 0 Å². The third kappa shape index (κ3) is 12.9. The van der Waals surface area contributed by atoms with Crippen LogP contribution in [0.1, 0.15) is 52.8 Å². The summed E-state index contributed by atoms with van der Waals surface area (Å²) in [6, 6.07) is 26.8. The number of fused-ring (bicyclic) bond motifs is 4. The van der Waals surface area contributed by atoms with Crippen LogP contribution in [0.4, 0.5) is 11.4 Å². The molecule has 4 aromatic carbocycles. The second kappa shape index (κ2) is 21.8. The van der Waals surface area contributed by atoms with Gasteiger partial charge in [-0.2, -0.15) is 0 Å². The van der Waals surface area contributed by atoms with E-state index in [2.05, 4.69) is 26.2 Å². The number of hydrogen-bond acceptors (Lipinski definition) is 11. The van der Waals surface area contributed by atoms with Crippen LogP contribution < -0.4 is 40.2 Å². The molecule has 59 heavy (non-hydrogen) atoms. The van der Waals surface area contributed by atoms with E-state index < -0.39 is 37.1 Å². The number of esters is 1. The maximum atomic E-state index is 13.2. The van der Waals surface area contributed by atoms with E-state index in [1.54, 1.807) is 97.1 Å². The monoisotopic (exact) mass is 807 g/mol. The van der Waals surface area contributed by atoms with E-state index in [1.807, 2.05) is 0 Å². The van der Waals surface area contributed by atoms with Gasteiger partial charge >= 0.3 is 5.97 Å². The summed E-state index contributed by atoms with van der Waals surface area (Å²) >= 11 is 0. The van der Waals surface area contributed by atoms with Gasteiger partial charge in [0.05, 0.1) is 29.0 Å². The fourth-order valence-electron chi connectivity index (χ4n) is 6.46. The van der Waals surface area contributed by atoms with Crippen molar-refractivity contribution in [2.75, 3.05) is 69.8 Å². The van der Waals surface area contributed by atoms with Gasteiger partial charge in [-0.05, 0) is 87.3 Å². The third-order valence-electron chi connectivity index (χ3n) is 9.43. The number of carbonyl (C=O) groups is 5. The molecule has 1 fully saturated rings. The number of likely N-dealkylation sites (tertiary alicyclic amines) is 1. The lowest BCUT2D eigenvalue weighted by molar-refractivity contribution is -0.153. The molecule has 0 aromatic heterocycles. The molecule has 2 aliphatic rings. The van der Waals surface area contributed by atoms with Gasteiger partial charge in [0.15, 0.2) is 19.3 Å². The van der Waals surface area contributed by atoms with Crippen LogP contribution in [-0.4, -0.2) is 99.8 Å². The average molecular weight is 808 g/mol. The molecule has 15 nitrogen and oxygen atoms in total. The fraction of sp³-hybridized carbons (Fsp3) is 0.341. The minimum Gasteiger partial charge on any atom is -0.487 e. The van der Waals surface area contributed by atoms with Crippen molar-refractivity contribution in [1.29, 1.82) is 0 Å². The second-order valence-electron chi connectivity index (χ2n) is 13.9. The van der Waals surface area contributed by atoms with Gasteiger partial charge in [0.25, 0.3) is 23.6 Å². The Morgan fingerprint density at radius 3 is 1.49 bits per heavy atom. The van der Waals surface area contributed by atoms with Crippen molar-refractivity contribution in [2.45, 2.75) is 38.2 Å². The van der Waals surface area contributed by atoms with E-state index in [9.17, 15) is 24.0 Å². The van der Waals surface area contributed by atoms with Gasteiger partial charge in [-0.15, -0.1) is 0 Å². The van der Waals surface area contributed by atoms with Crippen LogP contribution >= 0.6 is 0 Å². The highest BCUT2D eigenvalue weighted by Gasteiger charge is 2.23. The summed E-state index contributed by atoms with van der Waals surface area (Å²) in [4.78, 5) is 67.7. The molecule has 0 radical (unpaired) electrons. The van der Waals surface area contributed by atoms with Crippen molar-refractivity contribution >= 4 is 41.0 Å². The lowest BCUT2D eigenvalue weighted by atomic mass is 10.1. The Labute approximate surface area is 342 Å². The Balaban J connectivity index is 1.20. The zero-order valence-corrected chi connectivity index (χ0v) is 32.7. The number of nitrogens with zero attached hydrogens (tertiary/aromatic N) is 1. The molecule has 0 spiro atoms. The van der Waals surface area contributed by atoms with Crippen molar-refractivity contribution in [2.24, 2.45) is 0 Å². The van der Waals surface area contributed by atoms with Crippen LogP contribution in [0.2, 0.25) is 0 Å². The molecule has 15 heteroatoms. The normalized spacial score (nSPS) is 17.2. The van der Waals surface area contributed by atoms with Crippen molar-refractivity contribution in [3.05, 3.63) is 108 Å². The van der Waals surface area contributed by atoms with E-state index in [4.69, 9.17) is 23.7 Å². The molecule has 0 aliphatic carbocycles. The maximum Gasteiger partial charge on any atom is 0.320 e. The van der Waals surface area contributed by atoms with E-state index in [0.717, 1.165) is 32.4 Å². The molecule has 1 saturated heterocycles. The highest BCUT2D eigenvalue weighted by molar-refractivity contribution is 5.98. The van der Waals surface area contributed by atoms with Gasteiger partial charge in [0.2, 0.25) is 0 Å². The number of para-hydroxylation sites is 6. The lowest BCUT2D eigenvalue weighted by Crippen LogP contribution is -2.39. The molecule has 4 aromatic rings. The molecule has 6 rings (SSSR count). The van der Waals surface area contributed by atoms with Crippen LogP contribution in [0.25, 0.3) is 0 Å². The molecular weight excluding hydrogens is 759 g/mol. The number of nitrogens with one attached hydrogen (secondary N) is 4. The highest BCUT2D eigenvalue weighted by atomic mass is 16.6. The topological polar surface area (TPSA) is 183 Å². The Hall–Kier alpha value is -6.61. The van der Waals surface area contributed by atoms with Crippen LogP contribution in [-0.2, 0) is 19.1 Å². The summed E-state index contributed by atoms with van der Waals surface area (Å²) < 4.78 is 29.8. The summed E-state index contributed by atoms with van der Waals surface area (Å²) in [7, 11) is 0. The summed E-state index contributed by atoms with van der Waals surface area (Å²) in [5, 5.41) is 11.3. The Bertz CT molecular complexity index is 1940. The lowest BCUT2D eigenvalue weighted by Gasteiger charge is -2.26. The van der Waals surface area contributed by atoms with Gasteiger partial charge < -0.3 is 45.0 Å². The Kier molecular flexibility index (Phi) is 15.5. The number of ether oxygens (including phenoxy) is 5. The minimum absolute atomic E-state index is 0.116. The molecular formula is C44H49N5O10. The second-order valence-corrected chi connectivity index (χ2v) is 13.9. The van der Waals surface area contributed by atoms with Crippen molar-refractivity contribution < 1.29 is 47.7 Å². The predicted octanol–water partition coefficient (Wildman–Crippen LogP) is 4.83. The number of rotatable bonds is 3. The predicted molar refractivity (Wildman–Crippen MR) is 219 cm³/mol. The first kappa shape index (κ1) is 42.0. The smallest absolute Gasteiger partial charge is 0.320 e. The standard InChI is InChI=1S/C44H49N5O10/c50-40-29-57-36-18-6-2-14-32(36)43(53)45-22-10-11-23-46-44(54)33-15-3-7-19-37(33)58-30-41(51)48-35-17-5-9-21-39(35)56-28-31(27-55-38-20-8-4-16-34(38)47-40)59-42(52)26-49-24-12-1-13-25-49/h2-9,14-21,31H,1,10-13,22-30H2,(H,45,53)(H,46,54)(H,47,50)(H,48,51). The SMILES string of the molecule is O=C1COc2ccccc2C(=O)NCCCCNC(=O)c2ccccc2OCC(=O)Nc2ccccc2OCC(OC(=O)CN2CCCCC2)COc2ccccc2N1. The Morgan fingerprint density at radius 2 is 1.00 bits per heavy atom. The van der Waals surface area contributed by atoms with E-state index in [0.29, 0.717) is 48.8 Å². The van der Waals surface area contributed by atoms with Crippen LogP contribution in [0.5, 0.6) is 23.0 Å². The molecule has 0 bridgehead atoms. The minimum atomic E-state index is -0.896. The number of benzene rings is 4. The number of hydrogen-bond donors (Lipinski definition) is 4. The van der Waals surface area contributed by atoms with Crippen molar-refractivity contribution in [3.63, 3.8) is 0 Å². The molecule has 310 valence electrons. The van der Waals surface area contributed by atoms with E-state index >= 15 is 0 Å². The summed E-state index contributed by atoms with van der Waals surface area (Å²) in [5.74, 6) is -1.10. The van der Waals surface area contributed by atoms with Gasteiger partial charge in [-0.3, -0.25) is 28.9 Å². The number of amides is 4. The zero-order valence-electron chi connectivity index (χ0n) is 32.7. The molecule has 4 amide bonds. The van der Waals surface area contributed by atoms with Crippen LogP contribution in [0.15, 0.2) is 97.1 Å². The summed E-state index contributed by atoms with van der Waals surface area (Å²) in [6.45, 7) is 1.34. The van der Waals surface area contributed by atoms with Gasteiger partial charge in [0.1, 0.15) is 36.2 Å². The number of carbonyl (C=O) groups excluding carboxylic acids is 5. The van der Waals surface area contributed by atoms with Crippen molar-refractivity contribution in [1.82, 2.24) is 15.5 Å². The highest BCUT2D eigenvalue weighted by Crippen LogP contribution is 2.27. The Morgan fingerprint density at radius 1 is 0.559 bits per heavy atom. The van der Waals surface area contributed by atoms with Gasteiger partial charge in [-0.25, -0.2) is 0 Å². The summed E-state index contributed by atoms with van der Waals surface area (Å²) in [5.41, 5.74) is 1.23. The quantitative estimate of drug-likeness (QED) is 0.208. The largest absolute Gasteiger partial charge is 0.487 e. The number of anilines is 2. The van der Waals surface area contributed by atoms with Crippen LogP contribution in [0.3, 0.4) is 0 Å². The first-order chi connectivity index (χ1) is 28.8. The first-order valence-corrected chi connectivity index (χ1v) is 19.8. The maximum absolute atomic E-state index is 13.2. The van der Waals surface area contributed by atoms with Crippen LogP contribution in [0, 0.1) is 0 Å². The molecule has 0 saturated carbocycles. The zero-order chi connectivity index (χ0) is 41.2. The molecule has 2 aliphatic heterocycles. The molecule has 0 atom stereocenters. The molecule has 2 heterocycles. The number of piperidine rings is 1. The first-order valence-electron chi connectivity index (χ1n) is 19.8. The van der Waals surface area contributed by atoms with Gasteiger partial charge in [0, 0.05) is 13.1 Å².